The lowest BCUT2D eigenvalue weighted by Gasteiger charge is -2.21. The molecule has 2 aromatic rings. The second-order valence-electron chi connectivity index (χ2n) is 4.85. The lowest BCUT2D eigenvalue weighted by molar-refractivity contribution is -0.111. The maximum atomic E-state index is 10.8. The van der Waals surface area contributed by atoms with Gasteiger partial charge in [-0.25, -0.2) is 9.97 Å². The standard InChI is InChI=1S/C13H12Cl2N2OS/c14-10(18)4-2-7-1-3-8-9(5-7)19-13-11(8)12(15)16-6-17-13/h6-7H,1-5H2. The molecule has 0 aliphatic heterocycles. The van der Waals surface area contributed by atoms with Crippen molar-refractivity contribution in [2.75, 3.05) is 0 Å². The number of aryl methyl sites for hydroxylation is 1. The van der Waals surface area contributed by atoms with E-state index in [1.165, 1.54) is 16.8 Å². The summed E-state index contributed by atoms with van der Waals surface area (Å²) in [5.74, 6) is 0.537. The molecule has 6 heteroatoms. The van der Waals surface area contributed by atoms with Crippen molar-refractivity contribution in [2.24, 2.45) is 5.92 Å². The molecule has 1 unspecified atom stereocenters. The summed E-state index contributed by atoms with van der Waals surface area (Å²) < 4.78 is 0. The fourth-order valence-electron chi connectivity index (χ4n) is 2.70. The van der Waals surface area contributed by atoms with Crippen molar-refractivity contribution in [3.8, 4) is 0 Å². The summed E-state index contributed by atoms with van der Waals surface area (Å²) in [5.41, 5.74) is 1.30. The summed E-state index contributed by atoms with van der Waals surface area (Å²) in [7, 11) is 0. The molecule has 0 fully saturated rings. The first kappa shape index (κ1) is 13.3. The molecule has 3 nitrogen and oxygen atoms in total. The van der Waals surface area contributed by atoms with Crippen molar-refractivity contribution in [1.29, 1.82) is 0 Å². The van der Waals surface area contributed by atoms with Crippen molar-refractivity contribution in [1.82, 2.24) is 9.97 Å². The number of halogens is 2. The van der Waals surface area contributed by atoms with Crippen LogP contribution in [0.4, 0.5) is 0 Å². The molecular formula is C13H12Cl2N2OS. The molecule has 0 radical (unpaired) electrons. The van der Waals surface area contributed by atoms with Gasteiger partial charge >= 0.3 is 0 Å². The fraction of sp³-hybridized carbons (Fsp3) is 0.462. The normalized spacial score (nSPS) is 18.5. The van der Waals surface area contributed by atoms with Crippen LogP contribution in [0.3, 0.4) is 0 Å². The summed E-state index contributed by atoms with van der Waals surface area (Å²) in [6.07, 6.45) is 5.91. The van der Waals surface area contributed by atoms with Gasteiger partial charge in [-0.05, 0) is 48.8 Å². The van der Waals surface area contributed by atoms with E-state index in [4.69, 9.17) is 23.2 Å². The number of thiophene rings is 1. The Bertz CT molecular complexity index is 641. The van der Waals surface area contributed by atoms with Gasteiger partial charge in [0.2, 0.25) is 5.24 Å². The monoisotopic (exact) mass is 314 g/mol. The molecule has 0 aromatic carbocycles. The van der Waals surface area contributed by atoms with Crippen LogP contribution in [-0.4, -0.2) is 15.2 Å². The molecular weight excluding hydrogens is 303 g/mol. The topological polar surface area (TPSA) is 42.9 Å². The first-order chi connectivity index (χ1) is 9.15. The van der Waals surface area contributed by atoms with Crippen LogP contribution < -0.4 is 0 Å². The SMILES string of the molecule is O=C(Cl)CCC1CCc2c(sc3ncnc(Cl)c23)C1. The van der Waals surface area contributed by atoms with E-state index in [1.807, 2.05) is 0 Å². The van der Waals surface area contributed by atoms with Gasteiger partial charge in [0.05, 0.1) is 5.39 Å². The van der Waals surface area contributed by atoms with Crippen molar-refractivity contribution in [3.05, 3.63) is 21.9 Å². The summed E-state index contributed by atoms with van der Waals surface area (Å²) in [6, 6.07) is 0. The Kier molecular flexibility index (Phi) is 3.74. The molecule has 3 rings (SSSR count). The highest BCUT2D eigenvalue weighted by molar-refractivity contribution is 7.19. The van der Waals surface area contributed by atoms with Crippen LogP contribution in [0, 0.1) is 5.92 Å². The molecule has 2 heterocycles. The largest absolute Gasteiger partial charge is 0.281 e. The van der Waals surface area contributed by atoms with Crippen LogP contribution in [0.15, 0.2) is 6.33 Å². The van der Waals surface area contributed by atoms with E-state index in [0.717, 1.165) is 35.9 Å². The number of fused-ring (bicyclic) bond motifs is 3. The molecule has 19 heavy (non-hydrogen) atoms. The number of nitrogens with zero attached hydrogens (tertiary/aromatic N) is 2. The molecule has 2 aromatic heterocycles. The van der Waals surface area contributed by atoms with Crippen molar-refractivity contribution < 1.29 is 4.79 Å². The van der Waals surface area contributed by atoms with Gasteiger partial charge in [0.15, 0.2) is 0 Å². The van der Waals surface area contributed by atoms with Gasteiger partial charge in [-0.2, -0.15) is 0 Å². The van der Waals surface area contributed by atoms with Crippen molar-refractivity contribution in [2.45, 2.75) is 32.1 Å². The highest BCUT2D eigenvalue weighted by Crippen LogP contribution is 2.40. The third-order valence-corrected chi connectivity index (χ3v) is 5.29. The highest BCUT2D eigenvalue weighted by atomic mass is 35.5. The summed E-state index contributed by atoms with van der Waals surface area (Å²) in [5, 5.41) is 1.34. The number of rotatable bonds is 3. The Morgan fingerprint density at radius 2 is 2.32 bits per heavy atom. The number of hydrogen-bond donors (Lipinski definition) is 0. The van der Waals surface area contributed by atoms with Crippen LogP contribution in [0.2, 0.25) is 5.15 Å². The Morgan fingerprint density at radius 1 is 1.47 bits per heavy atom. The molecule has 0 amide bonds. The zero-order chi connectivity index (χ0) is 13.4. The van der Waals surface area contributed by atoms with Crippen molar-refractivity contribution in [3.63, 3.8) is 0 Å². The Morgan fingerprint density at radius 3 is 3.11 bits per heavy atom. The van der Waals surface area contributed by atoms with Gasteiger partial charge in [0.25, 0.3) is 0 Å². The fourth-order valence-corrected chi connectivity index (χ4v) is 4.42. The zero-order valence-corrected chi connectivity index (χ0v) is 12.5. The third-order valence-electron chi connectivity index (χ3n) is 3.65. The predicted molar refractivity (Wildman–Crippen MR) is 78.0 cm³/mol. The van der Waals surface area contributed by atoms with Gasteiger partial charge < -0.3 is 0 Å². The van der Waals surface area contributed by atoms with E-state index in [0.29, 0.717) is 17.5 Å². The molecule has 0 N–H and O–H groups in total. The molecule has 0 bridgehead atoms. The number of carbonyl (C=O) groups excluding carboxylic acids is 1. The number of aromatic nitrogens is 2. The average Bonchev–Trinajstić information content (AvgIpc) is 2.75. The third kappa shape index (κ3) is 2.62. The van der Waals surface area contributed by atoms with Crippen LogP contribution >= 0.6 is 34.5 Å². The van der Waals surface area contributed by atoms with Crippen LogP contribution in [0.25, 0.3) is 10.2 Å². The molecule has 1 aliphatic rings. The molecule has 0 saturated carbocycles. The second kappa shape index (κ2) is 5.35. The van der Waals surface area contributed by atoms with E-state index in [1.54, 1.807) is 11.3 Å². The first-order valence-corrected chi connectivity index (χ1v) is 7.81. The quantitative estimate of drug-likeness (QED) is 0.635. The van der Waals surface area contributed by atoms with Crippen LogP contribution in [-0.2, 0) is 17.6 Å². The van der Waals surface area contributed by atoms with E-state index in [9.17, 15) is 4.79 Å². The molecule has 0 spiro atoms. The van der Waals surface area contributed by atoms with Gasteiger partial charge in [-0.15, -0.1) is 11.3 Å². The van der Waals surface area contributed by atoms with Gasteiger partial charge in [0, 0.05) is 11.3 Å². The Balaban J connectivity index is 1.88. The molecule has 1 atom stereocenters. The lowest BCUT2D eigenvalue weighted by Crippen LogP contribution is -2.13. The van der Waals surface area contributed by atoms with E-state index >= 15 is 0 Å². The zero-order valence-electron chi connectivity index (χ0n) is 10.2. The Hall–Kier alpha value is -0.710. The second-order valence-corrected chi connectivity index (χ2v) is 6.71. The highest BCUT2D eigenvalue weighted by Gasteiger charge is 2.24. The first-order valence-electron chi connectivity index (χ1n) is 6.24. The lowest BCUT2D eigenvalue weighted by atomic mass is 9.85. The Labute approximate surface area is 125 Å². The molecule has 0 saturated heterocycles. The summed E-state index contributed by atoms with van der Waals surface area (Å²) in [6.45, 7) is 0. The molecule has 1 aliphatic carbocycles. The maximum Gasteiger partial charge on any atom is 0.221 e. The summed E-state index contributed by atoms with van der Waals surface area (Å²) in [4.78, 5) is 21.5. The van der Waals surface area contributed by atoms with Gasteiger partial charge in [-0.1, -0.05) is 11.6 Å². The van der Waals surface area contributed by atoms with Crippen LogP contribution in [0.5, 0.6) is 0 Å². The van der Waals surface area contributed by atoms with E-state index < -0.39 is 0 Å². The van der Waals surface area contributed by atoms with Crippen molar-refractivity contribution >= 4 is 50.0 Å². The van der Waals surface area contributed by atoms with E-state index in [2.05, 4.69) is 9.97 Å². The molecule has 100 valence electrons. The minimum absolute atomic E-state index is 0.240. The summed E-state index contributed by atoms with van der Waals surface area (Å²) >= 11 is 13.3. The number of carbonyl (C=O) groups is 1. The van der Waals surface area contributed by atoms with E-state index in [-0.39, 0.29) is 5.24 Å². The predicted octanol–water partition coefficient (Wildman–Crippen LogP) is 4.00. The minimum Gasteiger partial charge on any atom is -0.281 e. The average molecular weight is 315 g/mol. The van der Waals surface area contributed by atoms with Gasteiger partial charge in [0.1, 0.15) is 16.3 Å². The number of hydrogen-bond acceptors (Lipinski definition) is 4. The minimum atomic E-state index is -0.240. The maximum absolute atomic E-state index is 10.8. The van der Waals surface area contributed by atoms with Crippen LogP contribution in [0.1, 0.15) is 29.7 Å². The van der Waals surface area contributed by atoms with Gasteiger partial charge in [-0.3, -0.25) is 4.79 Å². The smallest absolute Gasteiger partial charge is 0.221 e.